The van der Waals surface area contributed by atoms with E-state index in [9.17, 15) is 4.79 Å². The van der Waals surface area contributed by atoms with Gasteiger partial charge in [-0.15, -0.1) is 0 Å². The van der Waals surface area contributed by atoms with E-state index in [2.05, 4.69) is 43.0 Å². The first-order valence-corrected chi connectivity index (χ1v) is 9.50. The molecule has 0 saturated carbocycles. The first-order valence-electron chi connectivity index (χ1n) is 9.50. The number of rotatable bonds is 4. The summed E-state index contributed by atoms with van der Waals surface area (Å²) < 4.78 is 0. The highest BCUT2D eigenvalue weighted by Gasteiger charge is 2.39. The topological polar surface area (TPSA) is 23.6 Å². The zero-order chi connectivity index (χ0) is 17.2. The number of benzene rings is 1. The molecule has 2 saturated heterocycles. The minimum atomic E-state index is 0.324. The third kappa shape index (κ3) is 4.18. The molecule has 2 fully saturated rings. The predicted octanol–water partition coefficient (Wildman–Crippen LogP) is 3.72. The first-order chi connectivity index (χ1) is 11.5. The fourth-order valence-corrected chi connectivity index (χ4v) is 4.34. The Morgan fingerprint density at radius 2 is 1.67 bits per heavy atom. The highest BCUT2D eigenvalue weighted by Crippen LogP contribution is 2.40. The van der Waals surface area contributed by atoms with E-state index in [-0.39, 0.29) is 0 Å². The van der Waals surface area contributed by atoms with Crippen molar-refractivity contribution in [1.82, 2.24) is 9.80 Å². The van der Waals surface area contributed by atoms with Crippen molar-refractivity contribution in [2.24, 2.45) is 11.3 Å². The van der Waals surface area contributed by atoms with Crippen LogP contribution in [0, 0.1) is 11.3 Å². The van der Waals surface area contributed by atoms with Crippen LogP contribution in [0.2, 0.25) is 0 Å². The molecule has 2 aliphatic heterocycles. The Bertz CT molecular complexity index is 556. The van der Waals surface area contributed by atoms with Crippen LogP contribution in [-0.4, -0.2) is 42.4 Å². The van der Waals surface area contributed by atoms with Crippen molar-refractivity contribution in [1.29, 1.82) is 0 Å². The van der Waals surface area contributed by atoms with Crippen molar-refractivity contribution in [3.8, 4) is 0 Å². The van der Waals surface area contributed by atoms with Gasteiger partial charge in [0.05, 0.1) is 0 Å². The number of piperidine rings is 2. The Labute approximate surface area is 147 Å². The Kier molecular flexibility index (Phi) is 5.29. The van der Waals surface area contributed by atoms with Gasteiger partial charge >= 0.3 is 0 Å². The molecule has 3 nitrogen and oxygen atoms in total. The van der Waals surface area contributed by atoms with Gasteiger partial charge in [-0.2, -0.15) is 0 Å². The molecular weight excluding hydrogens is 296 g/mol. The lowest BCUT2D eigenvalue weighted by Gasteiger charge is -2.46. The third-order valence-corrected chi connectivity index (χ3v) is 5.86. The lowest BCUT2D eigenvalue weighted by Crippen LogP contribution is -2.50. The van der Waals surface area contributed by atoms with Crippen LogP contribution in [0.25, 0.3) is 0 Å². The summed E-state index contributed by atoms with van der Waals surface area (Å²) in [7, 11) is 1.97. The molecule has 0 atom stereocenters. The largest absolute Gasteiger partial charge is 0.345 e. The third-order valence-electron chi connectivity index (χ3n) is 5.86. The molecule has 0 bridgehead atoms. The number of hydrogen-bond acceptors (Lipinski definition) is 2. The van der Waals surface area contributed by atoms with E-state index in [0.29, 0.717) is 11.3 Å². The molecule has 3 rings (SSSR count). The highest BCUT2D eigenvalue weighted by atomic mass is 16.2. The van der Waals surface area contributed by atoms with Crippen molar-refractivity contribution in [3.05, 3.63) is 35.4 Å². The number of carbonyl (C=O) groups is 1. The van der Waals surface area contributed by atoms with Gasteiger partial charge in [-0.25, -0.2) is 0 Å². The van der Waals surface area contributed by atoms with Crippen LogP contribution < -0.4 is 0 Å². The molecule has 1 spiro atoms. The van der Waals surface area contributed by atoms with E-state index in [4.69, 9.17) is 0 Å². The fraction of sp³-hybridized carbons (Fsp3) is 0.667. The van der Waals surface area contributed by atoms with Crippen molar-refractivity contribution in [2.75, 3.05) is 26.7 Å². The average molecular weight is 329 g/mol. The van der Waals surface area contributed by atoms with Gasteiger partial charge in [0.2, 0.25) is 5.91 Å². The Morgan fingerprint density at radius 1 is 1.04 bits per heavy atom. The summed E-state index contributed by atoms with van der Waals surface area (Å²) in [6.07, 6.45) is 5.46. The van der Waals surface area contributed by atoms with E-state index in [1.807, 2.05) is 11.9 Å². The lowest BCUT2D eigenvalue weighted by atomic mass is 9.72. The molecule has 132 valence electrons. The number of hydrogen-bond donors (Lipinski definition) is 0. The summed E-state index contributed by atoms with van der Waals surface area (Å²) in [4.78, 5) is 16.3. The van der Waals surface area contributed by atoms with Crippen molar-refractivity contribution in [2.45, 2.75) is 52.5 Å². The standard InChI is InChI=1S/C21H32N2O/c1-17(2)14-18-4-6-19(7-5-18)15-23-12-10-21(11-13-23)9-8-20(24)22(3)16-21/h4-7,17H,8-16H2,1-3H3. The zero-order valence-electron chi connectivity index (χ0n) is 15.6. The quantitative estimate of drug-likeness (QED) is 0.841. The summed E-state index contributed by atoms with van der Waals surface area (Å²) in [5, 5.41) is 0. The van der Waals surface area contributed by atoms with E-state index < -0.39 is 0 Å². The van der Waals surface area contributed by atoms with Crippen LogP contribution in [0.15, 0.2) is 24.3 Å². The second-order valence-corrected chi connectivity index (χ2v) is 8.44. The minimum Gasteiger partial charge on any atom is -0.345 e. The van der Waals surface area contributed by atoms with E-state index >= 15 is 0 Å². The maximum Gasteiger partial charge on any atom is 0.222 e. The average Bonchev–Trinajstić information content (AvgIpc) is 2.55. The molecular formula is C21H32N2O. The molecule has 0 aliphatic carbocycles. The Hall–Kier alpha value is -1.35. The van der Waals surface area contributed by atoms with Crippen LogP contribution in [0.5, 0.6) is 0 Å². The SMILES string of the molecule is CC(C)Cc1ccc(CN2CCC3(CCC(=O)N(C)C3)CC2)cc1. The normalized spacial score (nSPS) is 21.7. The Balaban J connectivity index is 1.51. The highest BCUT2D eigenvalue weighted by molar-refractivity contribution is 5.76. The summed E-state index contributed by atoms with van der Waals surface area (Å²) in [6.45, 7) is 8.89. The lowest BCUT2D eigenvalue weighted by molar-refractivity contribution is -0.137. The van der Waals surface area contributed by atoms with Gasteiger partial charge in [-0.05, 0) is 61.2 Å². The van der Waals surface area contributed by atoms with Crippen LogP contribution in [0.1, 0.15) is 50.7 Å². The summed E-state index contributed by atoms with van der Waals surface area (Å²) >= 11 is 0. The molecule has 1 aromatic carbocycles. The summed E-state index contributed by atoms with van der Waals surface area (Å²) in [5.74, 6) is 1.04. The molecule has 0 N–H and O–H groups in total. The monoisotopic (exact) mass is 328 g/mol. The van der Waals surface area contributed by atoms with Crippen molar-refractivity contribution >= 4 is 5.91 Å². The second-order valence-electron chi connectivity index (χ2n) is 8.44. The molecule has 2 aliphatic rings. The van der Waals surface area contributed by atoms with E-state index in [1.54, 1.807) is 0 Å². The van der Waals surface area contributed by atoms with Gasteiger partial charge < -0.3 is 4.90 Å². The maximum absolute atomic E-state index is 11.7. The Morgan fingerprint density at radius 3 is 2.25 bits per heavy atom. The number of likely N-dealkylation sites (tertiary alicyclic amines) is 2. The summed E-state index contributed by atoms with van der Waals surface area (Å²) in [6, 6.07) is 9.19. The van der Waals surface area contributed by atoms with Crippen molar-refractivity contribution in [3.63, 3.8) is 0 Å². The van der Waals surface area contributed by atoms with Gasteiger partial charge in [-0.1, -0.05) is 38.1 Å². The fourth-order valence-electron chi connectivity index (χ4n) is 4.34. The van der Waals surface area contributed by atoms with Crippen LogP contribution in [0.4, 0.5) is 0 Å². The first kappa shape index (κ1) is 17.5. The van der Waals surface area contributed by atoms with Gasteiger partial charge in [0, 0.05) is 26.6 Å². The molecule has 2 heterocycles. The van der Waals surface area contributed by atoms with Gasteiger partial charge in [0.1, 0.15) is 0 Å². The van der Waals surface area contributed by atoms with Crippen LogP contribution >= 0.6 is 0 Å². The molecule has 1 aromatic rings. The maximum atomic E-state index is 11.7. The zero-order valence-corrected chi connectivity index (χ0v) is 15.6. The number of nitrogens with zero attached hydrogens (tertiary/aromatic N) is 2. The molecule has 24 heavy (non-hydrogen) atoms. The van der Waals surface area contributed by atoms with E-state index in [0.717, 1.165) is 44.9 Å². The second kappa shape index (κ2) is 7.26. The molecule has 1 amide bonds. The van der Waals surface area contributed by atoms with E-state index in [1.165, 1.54) is 30.4 Å². The predicted molar refractivity (Wildman–Crippen MR) is 98.8 cm³/mol. The number of amides is 1. The van der Waals surface area contributed by atoms with Gasteiger partial charge in [0.15, 0.2) is 0 Å². The molecule has 0 radical (unpaired) electrons. The smallest absolute Gasteiger partial charge is 0.222 e. The molecule has 0 unspecified atom stereocenters. The number of carbonyl (C=O) groups excluding carboxylic acids is 1. The molecule has 0 aromatic heterocycles. The van der Waals surface area contributed by atoms with Crippen LogP contribution in [0.3, 0.4) is 0 Å². The minimum absolute atomic E-state index is 0.324. The van der Waals surface area contributed by atoms with Crippen molar-refractivity contribution < 1.29 is 4.79 Å². The van der Waals surface area contributed by atoms with Gasteiger partial charge in [-0.3, -0.25) is 9.69 Å². The summed E-state index contributed by atoms with van der Waals surface area (Å²) in [5.41, 5.74) is 3.26. The van der Waals surface area contributed by atoms with Gasteiger partial charge in [0.25, 0.3) is 0 Å². The van der Waals surface area contributed by atoms with Crippen LogP contribution in [-0.2, 0) is 17.8 Å². The molecule has 3 heteroatoms.